The van der Waals surface area contributed by atoms with Crippen molar-refractivity contribution >= 4 is 17.8 Å². The fourth-order valence-corrected chi connectivity index (χ4v) is 3.51. The third-order valence-corrected chi connectivity index (χ3v) is 4.96. The van der Waals surface area contributed by atoms with Gasteiger partial charge in [0.1, 0.15) is 0 Å². The molecule has 0 aromatic carbocycles. The average Bonchev–Trinajstić information content (AvgIpc) is 2.67. The van der Waals surface area contributed by atoms with Crippen molar-refractivity contribution in [3.63, 3.8) is 0 Å². The van der Waals surface area contributed by atoms with E-state index in [2.05, 4.69) is 10.6 Å². The van der Waals surface area contributed by atoms with E-state index >= 15 is 0 Å². The van der Waals surface area contributed by atoms with Gasteiger partial charge in [-0.05, 0) is 24.5 Å². The van der Waals surface area contributed by atoms with Crippen LogP contribution in [0.5, 0.6) is 0 Å². The van der Waals surface area contributed by atoms with E-state index in [4.69, 9.17) is 0 Å². The summed E-state index contributed by atoms with van der Waals surface area (Å²) in [6.45, 7) is 1.12. The molecule has 1 heterocycles. The van der Waals surface area contributed by atoms with Crippen LogP contribution in [0, 0.1) is 5.92 Å². The average molecular weight is 258 g/mol. The Balaban J connectivity index is 1.53. The number of hydrogen-bond acceptors (Lipinski definition) is 3. The van der Waals surface area contributed by atoms with Gasteiger partial charge in [0, 0.05) is 18.8 Å². The Hall–Kier alpha value is -0.420. The molecule has 0 aromatic heterocycles. The monoisotopic (exact) mass is 258 g/mol. The standard InChI is InChI=1S/C12H22N2O2S/c15-11(13-6-4-10-2-1-3-10)14-8-12(16)5-7-17-9-12/h10,16H,1-9H2,(H2,13,14,15). The quantitative estimate of drug-likeness (QED) is 0.697. The fraction of sp³-hybridized carbons (Fsp3) is 0.917. The number of hydrogen-bond donors (Lipinski definition) is 3. The summed E-state index contributed by atoms with van der Waals surface area (Å²) < 4.78 is 0. The Kier molecular flexibility index (Phi) is 4.56. The highest BCUT2D eigenvalue weighted by Gasteiger charge is 2.31. The minimum Gasteiger partial charge on any atom is -0.387 e. The van der Waals surface area contributed by atoms with Crippen LogP contribution in [0.4, 0.5) is 4.79 Å². The molecule has 0 aromatic rings. The fourth-order valence-electron chi connectivity index (χ4n) is 2.21. The molecular weight excluding hydrogens is 236 g/mol. The van der Waals surface area contributed by atoms with E-state index in [9.17, 15) is 9.90 Å². The van der Waals surface area contributed by atoms with Gasteiger partial charge in [-0.3, -0.25) is 0 Å². The summed E-state index contributed by atoms with van der Waals surface area (Å²) in [6, 6.07) is -0.144. The summed E-state index contributed by atoms with van der Waals surface area (Å²) in [4.78, 5) is 11.5. The Morgan fingerprint density at radius 3 is 2.82 bits per heavy atom. The highest BCUT2D eigenvalue weighted by molar-refractivity contribution is 7.99. The lowest BCUT2D eigenvalue weighted by Crippen LogP contribution is -2.46. The van der Waals surface area contributed by atoms with Crippen molar-refractivity contribution in [1.82, 2.24) is 10.6 Å². The van der Waals surface area contributed by atoms with E-state index in [0.717, 1.165) is 36.8 Å². The lowest BCUT2D eigenvalue weighted by atomic mass is 9.83. The number of amides is 2. The number of aliphatic hydroxyl groups is 1. The molecule has 1 saturated heterocycles. The maximum Gasteiger partial charge on any atom is 0.314 e. The predicted molar refractivity (Wildman–Crippen MR) is 70.3 cm³/mol. The van der Waals surface area contributed by atoms with Crippen LogP contribution in [0.15, 0.2) is 0 Å². The van der Waals surface area contributed by atoms with Crippen LogP contribution in [0.1, 0.15) is 32.1 Å². The molecule has 0 spiro atoms. The second-order valence-electron chi connectivity index (χ2n) is 5.22. The maximum absolute atomic E-state index is 11.5. The number of urea groups is 1. The van der Waals surface area contributed by atoms with Crippen LogP contribution in [0.25, 0.3) is 0 Å². The first kappa shape index (κ1) is 13.0. The van der Waals surface area contributed by atoms with Gasteiger partial charge in [0.25, 0.3) is 0 Å². The van der Waals surface area contributed by atoms with Gasteiger partial charge in [0.2, 0.25) is 0 Å². The zero-order valence-corrected chi connectivity index (χ0v) is 11.0. The van der Waals surface area contributed by atoms with Crippen LogP contribution in [0.2, 0.25) is 0 Å². The normalized spacial score (nSPS) is 28.8. The van der Waals surface area contributed by atoms with Crippen molar-refractivity contribution in [2.24, 2.45) is 5.92 Å². The van der Waals surface area contributed by atoms with Crippen molar-refractivity contribution in [2.75, 3.05) is 24.6 Å². The second kappa shape index (κ2) is 5.96. The molecule has 1 unspecified atom stereocenters. The Morgan fingerprint density at radius 2 is 2.24 bits per heavy atom. The zero-order valence-electron chi connectivity index (χ0n) is 10.2. The van der Waals surface area contributed by atoms with Gasteiger partial charge in [-0.1, -0.05) is 19.3 Å². The summed E-state index contributed by atoms with van der Waals surface area (Å²) in [7, 11) is 0. The maximum atomic E-state index is 11.5. The van der Waals surface area contributed by atoms with Gasteiger partial charge in [0.05, 0.1) is 5.60 Å². The summed E-state index contributed by atoms with van der Waals surface area (Å²) in [6.07, 6.45) is 5.86. The van der Waals surface area contributed by atoms with Crippen molar-refractivity contribution in [3.05, 3.63) is 0 Å². The molecule has 98 valence electrons. The number of nitrogens with one attached hydrogen (secondary N) is 2. The van der Waals surface area contributed by atoms with E-state index in [1.54, 1.807) is 11.8 Å². The molecule has 17 heavy (non-hydrogen) atoms. The van der Waals surface area contributed by atoms with Crippen molar-refractivity contribution in [3.8, 4) is 0 Å². The molecule has 2 fully saturated rings. The number of thioether (sulfide) groups is 1. The summed E-state index contributed by atoms with van der Waals surface area (Å²) >= 11 is 1.74. The Labute approximate surface area is 107 Å². The van der Waals surface area contributed by atoms with Crippen LogP contribution < -0.4 is 10.6 Å². The van der Waals surface area contributed by atoms with Gasteiger partial charge in [-0.2, -0.15) is 11.8 Å². The molecule has 1 aliphatic heterocycles. The van der Waals surface area contributed by atoms with E-state index in [1.165, 1.54) is 19.3 Å². The molecule has 2 rings (SSSR count). The van der Waals surface area contributed by atoms with E-state index in [0.29, 0.717) is 6.54 Å². The predicted octanol–water partition coefficient (Wildman–Crippen LogP) is 1.34. The van der Waals surface area contributed by atoms with Gasteiger partial charge >= 0.3 is 6.03 Å². The molecule has 1 aliphatic carbocycles. The SMILES string of the molecule is O=C(NCCC1CCC1)NCC1(O)CCSC1. The van der Waals surface area contributed by atoms with Crippen molar-refractivity contribution < 1.29 is 9.90 Å². The molecule has 0 radical (unpaired) electrons. The van der Waals surface area contributed by atoms with Gasteiger partial charge < -0.3 is 15.7 Å². The zero-order chi connectivity index (χ0) is 12.1. The third kappa shape index (κ3) is 4.07. The van der Waals surface area contributed by atoms with Gasteiger partial charge in [0.15, 0.2) is 0 Å². The Morgan fingerprint density at radius 1 is 1.41 bits per heavy atom. The molecular formula is C12H22N2O2S. The number of rotatable bonds is 5. The first-order valence-corrected chi connectivity index (χ1v) is 7.65. The second-order valence-corrected chi connectivity index (χ2v) is 6.33. The largest absolute Gasteiger partial charge is 0.387 e. The minimum atomic E-state index is -0.685. The van der Waals surface area contributed by atoms with Gasteiger partial charge in [-0.25, -0.2) is 4.79 Å². The first-order chi connectivity index (χ1) is 8.18. The number of carbonyl (C=O) groups is 1. The first-order valence-electron chi connectivity index (χ1n) is 6.50. The molecule has 4 nitrogen and oxygen atoms in total. The smallest absolute Gasteiger partial charge is 0.314 e. The highest BCUT2D eigenvalue weighted by atomic mass is 32.2. The molecule has 5 heteroatoms. The van der Waals surface area contributed by atoms with E-state index in [-0.39, 0.29) is 6.03 Å². The molecule has 1 atom stereocenters. The van der Waals surface area contributed by atoms with E-state index in [1.807, 2.05) is 0 Å². The molecule has 2 amide bonds. The molecule has 3 N–H and O–H groups in total. The van der Waals surface area contributed by atoms with Crippen LogP contribution in [-0.4, -0.2) is 41.3 Å². The summed E-state index contributed by atoms with van der Waals surface area (Å²) in [5.74, 6) is 2.54. The van der Waals surface area contributed by atoms with Gasteiger partial charge in [-0.15, -0.1) is 0 Å². The van der Waals surface area contributed by atoms with Crippen molar-refractivity contribution in [1.29, 1.82) is 0 Å². The summed E-state index contributed by atoms with van der Waals surface area (Å²) in [5, 5.41) is 15.7. The third-order valence-electron chi connectivity index (χ3n) is 3.72. The molecule has 0 bridgehead atoms. The lowest BCUT2D eigenvalue weighted by molar-refractivity contribution is 0.0700. The molecule has 1 saturated carbocycles. The van der Waals surface area contributed by atoms with Crippen LogP contribution in [0.3, 0.4) is 0 Å². The molecule has 2 aliphatic rings. The van der Waals surface area contributed by atoms with E-state index < -0.39 is 5.60 Å². The topological polar surface area (TPSA) is 61.4 Å². The Bertz CT molecular complexity index is 263. The number of carbonyl (C=O) groups excluding carboxylic acids is 1. The lowest BCUT2D eigenvalue weighted by Gasteiger charge is -2.25. The van der Waals surface area contributed by atoms with Crippen LogP contribution >= 0.6 is 11.8 Å². The summed E-state index contributed by atoms with van der Waals surface area (Å²) in [5.41, 5.74) is -0.685. The van der Waals surface area contributed by atoms with Crippen LogP contribution in [-0.2, 0) is 0 Å². The highest BCUT2D eigenvalue weighted by Crippen LogP contribution is 2.28. The van der Waals surface area contributed by atoms with Crippen molar-refractivity contribution in [2.45, 2.75) is 37.7 Å². The minimum absolute atomic E-state index is 0.144.